The fourth-order valence-electron chi connectivity index (χ4n) is 3.93. The van der Waals surface area contributed by atoms with E-state index in [9.17, 15) is 14.4 Å². The Balaban J connectivity index is 1.44. The van der Waals surface area contributed by atoms with Gasteiger partial charge in [0.15, 0.2) is 0 Å². The topological polar surface area (TPSA) is 94.3 Å². The molecule has 4 amide bonds. The molecule has 4 rings (SSSR count). The average Bonchev–Trinajstić information content (AvgIpc) is 3.13. The number of urea groups is 1. The van der Waals surface area contributed by atoms with Crippen LogP contribution in [-0.2, 0) is 29.0 Å². The fraction of sp³-hybridized carbons (Fsp3) is 0.450. The summed E-state index contributed by atoms with van der Waals surface area (Å²) in [5, 5.41) is 6.45. The first-order valence-electron chi connectivity index (χ1n) is 9.59. The van der Waals surface area contributed by atoms with Crippen LogP contribution < -0.4 is 10.6 Å². The Hall–Kier alpha value is -2.83. The molecule has 7 nitrogen and oxygen atoms in total. The summed E-state index contributed by atoms with van der Waals surface area (Å²) in [7, 11) is 0. The molecular formula is C20H24N4O3. The molecule has 0 saturated carbocycles. The van der Waals surface area contributed by atoms with Crippen LogP contribution in [-0.4, -0.2) is 40.8 Å². The van der Waals surface area contributed by atoms with E-state index >= 15 is 0 Å². The maximum atomic E-state index is 12.1. The van der Waals surface area contributed by atoms with Gasteiger partial charge >= 0.3 is 6.03 Å². The zero-order valence-corrected chi connectivity index (χ0v) is 15.3. The summed E-state index contributed by atoms with van der Waals surface area (Å²) < 4.78 is 0. The predicted octanol–water partition coefficient (Wildman–Crippen LogP) is 1.99. The highest BCUT2D eigenvalue weighted by molar-refractivity contribution is 6.04. The molecule has 2 aromatic rings. The number of hydrogen-bond acceptors (Lipinski definition) is 3. The molecule has 27 heavy (non-hydrogen) atoms. The molecule has 1 fully saturated rings. The molecule has 0 unspecified atom stereocenters. The minimum atomic E-state index is -0.512. The van der Waals surface area contributed by atoms with E-state index in [1.807, 2.05) is 6.07 Å². The van der Waals surface area contributed by atoms with E-state index in [2.05, 4.69) is 27.8 Å². The number of fused-ring (bicyclic) bond motifs is 3. The molecule has 0 radical (unpaired) electrons. The number of aryl methyl sites for hydroxylation is 2. The van der Waals surface area contributed by atoms with Crippen molar-refractivity contribution in [1.29, 1.82) is 0 Å². The predicted molar refractivity (Wildman–Crippen MR) is 101 cm³/mol. The van der Waals surface area contributed by atoms with E-state index in [0.717, 1.165) is 28.8 Å². The third-order valence-electron chi connectivity index (χ3n) is 5.39. The van der Waals surface area contributed by atoms with Crippen LogP contribution in [0.4, 0.5) is 4.79 Å². The summed E-state index contributed by atoms with van der Waals surface area (Å²) >= 11 is 0. The van der Waals surface area contributed by atoms with Crippen molar-refractivity contribution in [3.05, 3.63) is 35.0 Å². The van der Waals surface area contributed by atoms with E-state index in [0.29, 0.717) is 6.54 Å². The standard InChI is InChI=1S/C20H24N4O3/c25-18(12-24-19(26)11-22-20(24)27)21-10-13-7-8-17-15(9-13)14-5-3-1-2-4-6-16(14)23-17/h7-9,23H,1-6,10-12H2,(H,21,25)(H,22,27). The van der Waals surface area contributed by atoms with Gasteiger partial charge in [-0.2, -0.15) is 0 Å². The summed E-state index contributed by atoms with van der Waals surface area (Å²) in [4.78, 5) is 39.7. The zero-order chi connectivity index (χ0) is 18.8. The van der Waals surface area contributed by atoms with Gasteiger partial charge in [-0.25, -0.2) is 4.79 Å². The zero-order valence-electron chi connectivity index (χ0n) is 15.3. The Morgan fingerprint density at radius 2 is 1.93 bits per heavy atom. The molecular weight excluding hydrogens is 344 g/mol. The lowest BCUT2D eigenvalue weighted by Crippen LogP contribution is -2.40. The van der Waals surface area contributed by atoms with Crippen molar-refractivity contribution in [1.82, 2.24) is 20.5 Å². The maximum absolute atomic E-state index is 12.1. The van der Waals surface area contributed by atoms with Gasteiger partial charge < -0.3 is 15.6 Å². The lowest BCUT2D eigenvalue weighted by Gasteiger charge is -2.12. The maximum Gasteiger partial charge on any atom is 0.325 e. The van der Waals surface area contributed by atoms with Crippen LogP contribution in [0.5, 0.6) is 0 Å². The van der Waals surface area contributed by atoms with Crippen LogP contribution in [0.3, 0.4) is 0 Å². The highest BCUT2D eigenvalue weighted by Gasteiger charge is 2.29. The number of aromatic amines is 1. The van der Waals surface area contributed by atoms with Gasteiger partial charge in [0.25, 0.3) is 5.91 Å². The number of rotatable bonds is 4. The Bertz CT molecular complexity index is 886. The highest BCUT2D eigenvalue weighted by atomic mass is 16.2. The van der Waals surface area contributed by atoms with Gasteiger partial charge in [0.1, 0.15) is 6.54 Å². The van der Waals surface area contributed by atoms with Crippen LogP contribution in [0.25, 0.3) is 10.9 Å². The van der Waals surface area contributed by atoms with Gasteiger partial charge in [-0.3, -0.25) is 14.5 Å². The number of amides is 4. The third kappa shape index (κ3) is 3.67. The number of H-pyrrole nitrogens is 1. The molecule has 7 heteroatoms. The van der Waals surface area contributed by atoms with Crippen LogP contribution in [0.1, 0.15) is 42.5 Å². The van der Waals surface area contributed by atoms with Crippen molar-refractivity contribution in [3.63, 3.8) is 0 Å². The minimum absolute atomic E-state index is 0.0403. The van der Waals surface area contributed by atoms with Crippen LogP contribution >= 0.6 is 0 Å². The molecule has 3 N–H and O–H groups in total. The quantitative estimate of drug-likeness (QED) is 0.721. The minimum Gasteiger partial charge on any atom is -0.358 e. The number of nitrogens with one attached hydrogen (secondary N) is 3. The smallest absolute Gasteiger partial charge is 0.325 e. The number of hydrogen-bond donors (Lipinski definition) is 3. The largest absolute Gasteiger partial charge is 0.358 e. The van der Waals surface area contributed by atoms with Gasteiger partial charge in [0.2, 0.25) is 5.91 Å². The van der Waals surface area contributed by atoms with Crippen LogP contribution in [0, 0.1) is 0 Å². The number of carbonyl (C=O) groups is 3. The molecule has 1 aromatic heterocycles. The summed E-state index contributed by atoms with van der Waals surface area (Å²) in [6.07, 6.45) is 7.21. The van der Waals surface area contributed by atoms with Crippen molar-refractivity contribution in [3.8, 4) is 0 Å². The normalized spacial score (nSPS) is 17.4. The van der Waals surface area contributed by atoms with Gasteiger partial charge in [0, 0.05) is 23.1 Å². The van der Waals surface area contributed by atoms with Crippen molar-refractivity contribution in [2.75, 3.05) is 13.1 Å². The van der Waals surface area contributed by atoms with Gasteiger partial charge in [-0.05, 0) is 48.9 Å². The lowest BCUT2D eigenvalue weighted by molar-refractivity contribution is -0.130. The van der Waals surface area contributed by atoms with Gasteiger partial charge in [-0.15, -0.1) is 0 Å². The summed E-state index contributed by atoms with van der Waals surface area (Å²) in [5.74, 6) is -0.715. The van der Waals surface area contributed by atoms with Gasteiger partial charge in [-0.1, -0.05) is 18.9 Å². The van der Waals surface area contributed by atoms with E-state index < -0.39 is 6.03 Å². The molecule has 0 spiro atoms. The van der Waals surface area contributed by atoms with Gasteiger partial charge in [0.05, 0.1) is 6.54 Å². The Kier molecular flexibility index (Phi) is 4.83. The summed E-state index contributed by atoms with van der Waals surface area (Å²) in [5.41, 5.74) is 4.93. The average molecular weight is 368 g/mol. The third-order valence-corrected chi connectivity index (χ3v) is 5.39. The number of carbonyl (C=O) groups excluding carboxylic acids is 3. The second-order valence-corrected chi connectivity index (χ2v) is 7.29. The monoisotopic (exact) mass is 368 g/mol. The van der Waals surface area contributed by atoms with Crippen LogP contribution in [0.2, 0.25) is 0 Å². The van der Waals surface area contributed by atoms with Crippen molar-refractivity contribution < 1.29 is 14.4 Å². The van der Waals surface area contributed by atoms with E-state index in [-0.39, 0.29) is 24.9 Å². The van der Waals surface area contributed by atoms with E-state index in [1.54, 1.807) is 0 Å². The Labute approximate surface area is 157 Å². The van der Waals surface area contributed by atoms with Crippen LogP contribution in [0.15, 0.2) is 18.2 Å². The molecule has 2 aliphatic rings. The Morgan fingerprint density at radius 1 is 1.11 bits per heavy atom. The number of aromatic nitrogens is 1. The van der Waals surface area contributed by atoms with E-state index in [4.69, 9.17) is 0 Å². The Morgan fingerprint density at radius 3 is 2.70 bits per heavy atom. The van der Waals surface area contributed by atoms with Crippen molar-refractivity contribution >= 4 is 28.7 Å². The second kappa shape index (κ2) is 7.42. The number of benzene rings is 1. The first kappa shape index (κ1) is 17.6. The number of nitrogens with zero attached hydrogens (tertiary/aromatic N) is 1. The molecule has 1 saturated heterocycles. The highest BCUT2D eigenvalue weighted by Crippen LogP contribution is 2.28. The first-order chi connectivity index (χ1) is 13.1. The summed E-state index contributed by atoms with van der Waals surface area (Å²) in [6.45, 7) is 0.0895. The second-order valence-electron chi connectivity index (χ2n) is 7.29. The van der Waals surface area contributed by atoms with E-state index in [1.165, 1.54) is 42.3 Å². The molecule has 1 aliphatic carbocycles. The molecule has 1 aliphatic heterocycles. The molecule has 1 aromatic carbocycles. The first-order valence-corrected chi connectivity index (χ1v) is 9.59. The van der Waals surface area contributed by atoms with Crippen molar-refractivity contribution in [2.45, 2.75) is 45.1 Å². The molecule has 0 bridgehead atoms. The summed E-state index contributed by atoms with van der Waals surface area (Å²) in [6, 6.07) is 5.70. The van der Waals surface area contributed by atoms with Crippen molar-refractivity contribution in [2.24, 2.45) is 0 Å². The number of imide groups is 1. The lowest BCUT2D eigenvalue weighted by atomic mass is 9.96. The molecule has 0 atom stereocenters. The molecule has 2 heterocycles. The SMILES string of the molecule is O=C(CN1C(=O)CNC1=O)NCc1ccc2[nH]c3c(c2c1)CCCCCC3. The molecule has 142 valence electrons. The fourth-order valence-corrected chi connectivity index (χ4v) is 3.93.